The summed E-state index contributed by atoms with van der Waals surface area (Å²) in [5.74, 6) is 1.87. The first-order valence-corrected chi connectivity index (χ1v) is 9.06. The molecule has 0 fully saturated rings. The van der Waals surface area contributed by atoms with Crippen molar-refractivity contribution in [1.82, 2.24) is 15.1 Å². The molecule has 2 aromatic carbocycles. The van der Waals surface area contributed by atoms with Gasteiger partial charge in [-0.1, -0.05) is 47.6 Å². The number of thiazole rings is 1. The Bertz CT molecular complexity index is 1020. The second-order valence-corrected chi connectivity index (χ2v) is 6.93. The quantitative estimate of drug-likeness (QED) is 0.496. The largest absolute Gasteiger partial charge is 0.488 e. The van der Waals surface area contributed by atoms with Gasteiger partial charge in [-0.05, 0) is 19.1 Å². The molecule has 2 aromatic heterocycles. The van der Waals surface area contributed by atoms with E-state index >= 15 is 0 Å². The zero-order valence-corrected chi connectivity index (χ0v) is 15.3. The fraction of sp³-hybridized carbons (Fsp3) is 0.150. The van der Waals surface area contributed by atoms with Crippen molar-refractivity contribution in [1.29, 1.82) is 0 Å². The van der Waals surface area contributed by atoms with Crippen LogP contribution in [0, 0.1) is 13.8 Å². The highest BCUT2D eigenvalue weighted by Gasteiger charge is 2.11. The van der Waals surface area contributed by atoms with E-state index in [9.17, 15) is 0 Å². The van der Waals surface area contributed by atoms with Crippen LogP contribution in [-0.2, 0) is 6.61 Å². The Labute approximate surface area is 155 Å². The summed E-state index contributed by atoms with van der Waals surface area (Å²) in [7, 11) is 0. The summed E-state index contributed by atoms with van der Waals surface area (Å²) in [5, 5.41) is 4.96. The summed E-state index contributed by atoms with van der Waals surface area (Å²) in [6.07, 6.45) is 0. The lowest BCUT2D eigenvalue weighted by Gasteiger charge is -2.06. The molecule has 0 radical (unpaired) electrons. The Balaban J connectivity index is 1.50. The Morgan fingerprint density at radius 1 is 0.962 bits per heavy atom. The summed E-state index contributed by atoms with van der Waals surface area (Å²) in [6, 6.07) is 17.9. The predicted octanol–water partition coefficient (Wildman–Crippen LogP) is 5.06. The van der Waals surface area contributed by atoms with Crippen molar-refractivity contribution in [3.63, 3.8) is 0 Å². The number of hydrogen-bond acceptors (Lipinski definition) is 6. The molecule has 130 valence electrons. The van der Waals surface area contributed by atoms with Crippen molar-refractivity contribution in [2.75, 3.05) is 0 Å². The molecule has 26 heavy (non-hydrogen) atoms. The fourth-order valence-corrected chi connectivity index (χ4v) is 3.54. The molecular weight excluding hydrogens is 346 g/mol. The number of nitrogens with zero attached hydrogens (tertiary/aromatic N) is 3. The van der Waals surface area contributed by atoms with Gasteiger partial charge in [0.25, 0.3) is 0 Å². The monoisotopic (exact) mass is 363 g/mol. The molecule has 0 bridgehead atoms. The normalized spacial score (nSPS) is 10.8. The molecule has 5 nitrogen and oxygen atoms in total. The highest BCUT2D eigenvalue weighted by Crippen LogP contribution is 2.29. The summed E-state index contributed by atoms with van der Waals surface area (Å²) in [5.41, 5.74) is 2.99. The van der Waals surface area contributed by atoms with Crippen LogP contribution in [-0.4, -0.2) is 15.1 Å². The van der Waals surface area contributed by atoms with Crippen LogP contribution in [0.5, 0.6) is 5.75 Å². The van der Waals surface area contributed by atoms with Crippen molar-refractivity contribution in [2.24, 2.45) is 0 Å². The van der Waals surface area contributed by atoms with Crippen LogP contribution < -0.4 is 4.74 Å². The third-order valence-corrected chi connectivity index (χ3v) is 5.08. The first kappa shape index (κ1) is 16.5. The van der Waals surface area contributed by atoms with Crippen molar-refractivity contribution < 1.29 is 9.26 Å². The van der Waals surface area contributed by atoms with E-state index in [-0.39, 0.29) is 0 Å². The van der Waals surface area contributed by atoms with Gasteiger partial charge in [0.2, 0.25) is 11.7 Å². The molecule has 0 aliphatic heterocycles. The van der Waals surface area contributed by atoms with Crippen molar-refractivity contribution >= 4 is 11.3 Å². The number of ether oxygens (including phenoxy) is 1. The molecule has 0 spiro atoms. The minimum absolute atomic E-state index is 0.477. The summed E-state index contributed by atoms with van der Waals surface area (Å²) in [4.78, 5) is 10.0. The van der Waals surface area contributed by atoms with Crippen LogP contribution in [0.4, 0.5) is 0 Å². The maximum Gasteiger partial charge on any atom is 0.223 e. The smallest absolute Gasteiger partial charge is 0.223 e. The van der Waals surface area contributed by atoms with Gasteiger partial charge in [0.1, 0.15) is 17.4 Å². The van der Waals surface area contributed by atoms with Gasteiger partial charge in [-0.25, -0.2) is 4.98 Å². The van der Waals surface area contributed by atoms with Gasteiger partial charge in [-0.3, -0.25) is 0 Å². The Morgan fingerprint density at radius 3 is 2.54 bits per heavy atom. The molecule has 0 amide bonds. The maximum absolute atomic E-state index is 5.98. The summed E-state index contributed by atoms with van der Waals surface area (Å²) >= 11 is 1.66. The van der Waals surface area contributed by atoms with E-state index in [1.807, 2.05) is 49.4 Å². The van der Waals surface area contributed by atoms with Crippen LogP contribution >= 0.6 is 11.3 Å². The molecule has 0 saturated heterocycles. The van der Waals surface area contributed by atoms with E-state index in [2.05, 4.69) is 27.3 Å². The Hall–Kier alpha value is -2.99. The molecule has 4 aromatic rings. The molecule has 0 aliphatic carbocycles. The zero-order valence-electron chi connectivity index (χ0n) is 14.5. The standard InChI is InChI=1S/C20H17N3O2S/c1-13-18(26-20(21-13)15-7-4-3-5-8-15)12-24-17-10-6-9-16(11-17)19-22-14(2)25-23-19/h3-11H,12H2,1-2H3. The van der Waals surface area contributed by atoms with Gasteiger partial charge in [0.15, 0.2) is 0 Å². The Kier molecular flexibility index (Phi) is 4.50. The van der Waals surface area contributed by atoms with Gasteiger partial charge in [-0.2, -0.15) is 4.98 Å². The molecule has 0 saturated carbocycles. The van der Waals surface area contributed by atoms with E-state index in [1.165, 1.54) is 0 Å². The minimum atomic E-state index is 0.477. The first-order valence-electron chi connectivity index (χ1n) is 8.24. The fourth-order valence-electron chi connectivity index (χ4n) is 2.56. The van der Waals surface area contributed by atoms with Crippen molar-refractivity contribution in [2.45, 2.75) is 20.5 Å². The molecular formula is C20H17N3O2S. The topological polar surface area (TPSA) is 61.0 Å². The molecule has 0 unspecified atom stereocenters. The molecule has 2 heterocycles. The van der Waals surface area contributed by atoms with Crippen molar-refractivity contribution in [3.8, 4) is 27.7 Å². The lowest BCUT2D eigenvalue weighted by atomic mass is 10.2. The van der Waals surface area contributed by atoms with Gasteiger partial charge < -0.3 is 9.26 Å². The molecule has 6 heteroatoms. The molecule has 0 aliphatic rings. The average molecular weight is 363 g/mol. The van der Waals surface area contributed by atoms with Crippen LogP contribution in [0.25, 0.3) is 22.0 Å². The summed E-state index contributed by atoms with van der Waals surface area (Å²) in [6.45, 7) is 4.26. The van der Waals surface area contributed by atoms with Crippen molar-refractivity contribution in [3.05, 3.63) is 71.1 Å². The van der Waals surface area contributed by atoms with Crippen LogP contribution in [0.2, 0.25) is 0 Å². The number of benzene rings is 2. The SMILES string of the molecule is Cc1nc(-c2cccc(OCc3sc(-c4ccccc4)nc3C)c2)no1. The Morgan fingerprint density at radius 2 is 1.77 bits per heavy atom. The van der Waals surface area contributed by atoms with Crippen LogP contribution in [0.15, 0.2) is 59.1 Å². The maximum atomic E-state index is 5.98. The first-order chi connectivity index (χ1) is 12.7. The van der Waals surface area contributed by atoms with Crippen LogP contribution in [0.3, 0.4) is 0 Å². The summed E-state index contributed by atoms with van der Waals surface area (Å²) < 4.78 is 11.0. The number of aromatic nitrogens is 3. The lowest BCUT2D eigenvalue weighted by Crippen LogP contribution is -1.95. The van der Waals surface area contributed by atoms with Gasteiger partial charge in [0.05, 0.1) is 10.6 Å². The predicted molar refractivity (Wildman–Crippen MR) is 101 cm³/mol. The van der Waals surface area contributed by atoms with E-state index in [1.54, 1.807) is 18.3 Å². The molecule has 0 N–H and O–H groups in total. The second-order valence-electron chi connectivity index (χ2n) is 5.85. The average Bonchev–Trinajstić information content (AvgIpc) is 3.27. The number of rotatable bonds is 5. The van der Waals surface area contributed by atoms with Gasteiger partial charge >= 0.3 is 0 Å². The van der Waals surface area contributed by atoms with Crippen LogP contribution in [0.1, 0.15) is 16.5 Å². The number of hydrogen-bond donors (Lipinski definition) is 0. The highest BCUT2D eigenvalue weighted by atomic mass is 32.1. The van der Waals surface area contributed by atoms with Gasteiger partial charge in [0, 0.05) is 18.1 Å². The van der Waals surface area contributed by atoms with E-state index in [0.29, 0.717) is 18.3 Å². The third kappa shape index (κ3) is 3.50. The second kappa shape index (κ2) is 7.09. The van der Waals surface area contributed by atoms with E-state index in [4.69, 9.17) is 9.26 Å². The minimum Gasteiger partial charge on any atom is -0.488 e. The van der Waals surface area contributed by atoms with E-state index in [0.717, 1.165) is 32.5 Å². The van der Waals surface area contributed by atoms with Gasteiger partial charge in [-0.15, -0.1) is 11.3 Å². The highest BCUT2D eigenvalue weighted by molar-refractivity contribution is 7.15. The molecule has 4 rings (SSSR count). The third-order valence-electron chi connectivity index (χ3n) is 3.90. The molecule has 0 atom stereocenters. The van der Waals surface area contributed by atoms with E-state index < -0.39 is 0 Å². The number of aryl methyl sites for hydroxylation is 2. The lowest BCUT2D eigenvalue weighted by molar-refractivity contribution is 0.309. The zero-order chi connectivity index (χ0) is 17.9.